The average Bonchev–Trinajstić information content (AvgIpc) is 3.34. The summed E-state index contributed by atoms with van der Waals surface area (Å²) in [6.45, 7) is -0.0701. The fraction of sp³-hybridized carbons (Fsp3) is 0.130. The number of rotatable bonds is 7. The molecule has 0 saturated carbocycles. The van der Waals surface area contributed by atoms with Crippen LogP contribution >= 0.6 is 0 Å². The van der Waals surface area contributed by atoms with Crippen LogP contribution < -0.4 is 20.9 Å². The van der Waals surface area contributed by atoms with Crippen LogP contribution in [-0.2, 0) is 22.7 Å². The van der Waals surface area contributed by atoms with E-state index in [0.29, 0.717) is 17.4 Å². The molecule has 2 aromatic heterocycles. The summed E-state index contributed by atoms with van der Waals surface area (Å²) in [5, 5.41) is 11.2. The fourth-order valence-corrected chi connectivity index (χ4v) is 4.34. The predicted molar refractivity (Wildman–Crippen MR) is 130 cm³/mol. The van der Waals surface area contributed by atoms with E-state index in [1.807, 2.05) is 0 Å². The number of anilines is 1. The Kier molecular flexibility index (Phi) is 7.17. The van der Waals surface area contributed by atoms with E-state index in [9.17, 15) is 26.4 Å². The molecule has 15 heteroatoms. The first-order valence-electron chi connectivity index (χ1n) is 10.7. The summed E-state index contributed by atoms with van der Waals surface area (Å²) in [6, 6.07) is 10.9. The highest BCUT2D eigenvalue weighted by Crippen LogP contribution is 2.31. The summed E-state index contributed by atoms with van der Waals surface area (Å²) in [5.41, 5.74) is 5.05. The van der Waals surface area contributed by atoms with E-state index >= 15 is 0 Å². The maximum atomic E-state index is 13.5. The number of carbonyl (C=O) groups excluding carboxylic acids is 1. The Labute approximate surface area is 214 Å². The number of nitrogens with one attached hydrogen (secondary N) is 1. The lowest BCUT2D eigenvalue weighted by molar-refractivity contribution is -0.141. The molecule has 0 spiro atoms. The van der Waals surface area contributed by atoms with Gasteiger partial charge in [-0.2, -0.15) is 18.3 Å². The number of amides is 1. The maximum Gasteiger partial charge on any atom is 0.435 e. The van der Waals surface area contributed by atoms with Gasteiger partial charge in [0, 0.05) is 36.1 Å². The number of ether oxygens (including phenoxy) is 1. The van der Waals surface area contributed by atoms with Crippen molar-refractivity contribution in [3.8, 4) is 22.6 Å². The van der Waals surface area contributed by atoms with Crippen molar-refractivity contribution in [2.45, 2.75) is 17.6 Å². The molecular formula is C23H20F3N7O4S. The molecule has 4 rings (SSSR count). The van der Waals surface area contributed by atoms with Crippen LogP contribution in [0.5, 0.6) is 5.75 Å². The van der Waals surface area contributed by atoms with Gasteiger partial charge >= 0.3 is 6.18 Å². The number of aromatic nitrogens is 4. The monoisotopic (exact) mass is 547 g/mol. The highest BCUT2D eigenvalue weighted by Gasteiger charge is 2.36. The normalized spacial score (nSPS) is 11.8. The van der Waals surface area contributed by atoms with Crippen LogP contribution in [0.3, 0.4) is 0 Å². The van der Waals surface area contributed by atoms with Crippen LogP contribution in [0.25, 0.3) is 16.8 Å². The second-order valence-corrected chi connectivity index (χ2v) is 9.34. The minimum absolute atomic E-state index is 0.0701. The quantitative estimate of drug-likeness (QED) is 0.317. The van der Waals surface area contributed by atoms with Gasteiger partial charge in [0.05, 0.1) is 17.7 Å². The number of benzene rings is 2. The number of nitrogens with two attached hydrogens (primary N) is 2. The maximum absolute atomic E-state index is 13.5. The topological polar surface area (TPSA) is 168 Å². The number of primary sulfonamides is 1. The molecule has 0 radical (unpaired) electrons. The summed E-state index contributed by atoms with van der Waals surface area (Å²) < 4.78 is 70.2. The van der Waals surface area contributed by atoms with Crippen molar-refractivity contribution in [2.24, 2.45) is 10.9 Å². The van der Waals surface area contributed by atoms with E-state index in [2.05, 4.69) is 20.4 Å². The standard InChI is InChI=1S/C23H20F3N7O4S/c1-37-15-6-7-17(13(8-15)10-27)33-18(9-20(32-33)23(24,25)26)21(34)31-22-29-11-14(12-30-22)16-4-2-3-5-19(16)38(28,35)36/h2-9,11-12H,10,27H2,1H3,(H2,28,35,36)(H,29,30,31,34). The Morgan fingerprint density at radius 2 is 1.79 bits per heavy atom. The Morgan fingerprint density at radius 1 is 1.11 bits per heavy atom. The lowest BCUT2D eigenvalue weighted by atomic mass is 10.1. The molecule has 0 aliphatic heterocycles. The van der Waals surface area contributed by atoms with Crippen LogP contribution in [0.1, 0.15) is 21.7 Å². The lowest BCUT2D eigenvalue weighted by Crippen LogP contribution is -2.19. The molecule has 11 nitrogen and oxygen atoms in total. The molecule has 38 heavy (non-hydrogen) atoms. The third-order valence-corrected chi connectivity index (χ3v) is 6.32. The zero-order valence-electron chi connectivity index (χ0n) is 19.6. The van der Waals surface area contributed by atoms with Crippen LogP contribution in [0.15, 0.2) is 65.8 Å². The molecule has 2 aromatic carbocycles. The molecule has 0 aliphatic carbocycles. The van der Waals surface area contributed by atoms with Crippen LogP contribution in [0, 0.1) is 0 Å². The summed E-state index contributed by atoms with van der Waals surface area (Å²) in [4.78, 5) is 20.9. The van der Waals surface area contributed by atoms with Gasteiger partial charge in [0.1, 0.15) is 11.4 Å². The molecule has 1 amide bonds. The summed E-state index contributed by atoms with van der Waals surface area (Å²) >= 11 is 0. The lowest BCUT2D eigenvalue weighted by Gasteiger charge is -2.13. The van der Waals surface area contributed by atoms with Crippen molar-refractivity contribution in [1.82, 2.24) is 19.7 Å². The van der Waals surface area contributed by atoms with Crippen LogP contribution in [0.4, 0.5) is 19.1 Å². The minimum atomic E-state index is -4.83. The summed E-state index contributed by atoms with van der Waals surface area (Å²) in [5.74, 6) is -0.813. The van der Waals surface area contributed by atoms with E-state index < -0.39 is 33.5 Å². The van der Waals surface area contributed by atoms with Crippen LogP contribution in [-0.4, -0.2) is 41.2 Å². The second kappa shape index (κ2) is 10.2. The third kappa shape index (κ3) is 5.49. The number of alkyl halides is 3. The predicted octanol–water partition coefficient (Wildman–Crippen LogP) is 2.72. The average molecular weight is 548 g/mol. The number of methoxy groups -OCH3 is 1. The van der Waals surface area contributed by atoms with Crippen molar-refractivity contribution in [3.63, 3.8) is 0 Å². The molecule has 198 valence electrons. The molecule has 2 heterocycles. The van der Waals surface area contributed by atoms with E-state index in [0.717, 1.165) is 4.68 Å². The smallest absolute Gasteiger partial charge is 0.435 e. The second-order valence-electron chi connectivity index (χ2n) is 7.81. The summed E-state index contributed by atoms with van der Waals surface area (Å²) in [6.07, 6.45) is -2.35. The Balaban J connectivity index is 1.69. The molecule has 0 aliphatic rings. The first-order chi connectivity index (χ1) is 17.9. The number of sulfonamides is 1. The molecule has 0 atom stereocenters. The largest absolute Gasteiger partial charge is 0.497 e. The van der Waals surface area contributed by atoms with Gasteiger partial charge in [-0.25, -0.2) is 28.2 Å². The highest BCUT2D eigenvalue weighted by molar-refractivity contribution is 7.89. The number of carbonyl (C=O) groups is 1. The van der Waals surface area contributed by atoms with Crippen molar-refractivity contribution in [2.75, 3.05) is 12.4 Å². The number of halogens is 3. The van der Waals surface area contributed by atoms with Gasteiger partial charge in [-0.15, -0.1) is 0 Å². The molecule has 0 bridgehead atoms. The van der Waals surface area contributed by atoms with Crippen molar-refractivity contribution < 1.29 is 31.1 Å². The third-order valence-electron chi connectivity index (χ3n) is 5.35. The first-order valence-corrected chi connectivity index (χ1v) is 12.3. The van der Waals surface area contributed by atoms with Gasteiger partial charge in [-0.05, 0) is 29.8 Å². The van der Waals surface area contributed by atoms with E-state index in [1.54, 1.807) is 6.07 Å². The Morgan fingerprint density at radius 3 is 2.39 bits per heavy atom. The molecular weight excluding hydrogens is 527 g/mol. The first kappa shape index (κ1) is 26.7. The Hall–Kier alpha value is -4.34. The van der Waals surface area contributed by atoms with Crippen molar-refractivity contribution in [3.05, 3.63) is 77.9 Å². The van der Waals surface area contributed by atoms with Crippen molar-refractivity contribution >= 4 is 21.9 Å². The number of nitrogens with zero attached hydrogens (tertiary/aromatic N) is 4. The Bertz CT molecular complexity index is 1600. The number of hydrogen-bond donors (Lipinski definition) is 3. The van der Waals surface area contributed by atoms with Crippen LogP contribution in [0.2, 0.25) is 0 Å². The van der Waals surface area contributed by atoms with E-state index in [-0.39, 0.29) is 34.2 Å². The van der Waals surface area contributed by atoms with Gasteiger partial charge in [0.15, 0.2) is 5.69 Å². The van der Waals surface area contributed by atoms with E-state index in [4.69, 9.17) is 15.6 Å². The number of hydrogen-bond acceptors (Lipinski definition) is 8. The van der Waals surface area contributed by atoms with Gasteiger partial charge < -0.3 is 10.5 Å². The molecule has 0 fully saturated rings. The fourth-order valence-electron chi connectivity index (χ4n) is 3.57. The molecule has 4 aromatic rings. The zero-order valence-corrected chi connectivity index (χ0v) is 20.4. The van der Waals surface area contributed by atoms with Gasteiger partial charge in [-0.1, -0.05) is 18.2 Å². The van der Waals surface area contributed by atoms with E-state index in [1.165, 1.54) is 55.9 Å². The summed E-state index contributed by atoms with van der Waals surface area (Å²) in [7, 11) is -2.62. The highest BCUT2D eigenvalue weighted by atomic mass is 32.2. The SMILES string of the molecule is COc1ccc(-n2nc(C(F)(F)F)cc2C(=O)Nc2ncc(-c3ccccc3S(N)(=O)=O)cn2)c(CN)c1. The zero-order chi connectivity index (χ0) is 27.7. The minimum Gasteiger partial charge on any atom is -0.497 e. The van der Waals surface area contributed by atoms with Gasteiger partial charge in [0.2, 0.25) is 16.0 Å². The molecule has 5 N–H and O–H groups in total. The van der Waals surface area contributed by atoms with Gasteiger partial charge in [0.25, 0.3) is 5.91 Å². The molecule has 0 saturated heterocycles. The molecule has 0 unspecified atom stereocenters. The van der Waals surface area contributed by atoms with Crippen molar-refractivity contribution in [1.29, 1.82) is 0 Å². The van der Waals surface area contributed by atoms with Gasteiger partial charge in [-0.3, -0.25) is 10.1 Å².